The van der Waals surface area contributed by atoms with E-state index < -0.39 is 0 Å². The molecule has 0 atom stereocenters. The summed E-state index contributed by atoms with van der Waals surface area (Å²) in [7, 11) is 0. The summed E-state index contributed by atoms with van der Waals surface area (Å²) in [5.41, 5.74) is 2.86. The van der Waals surface area contributed by atoms with E-state index in [0.717, 1.165) is 105 Å². The molecule has 0 radical (unpaired) electrons. The monoisotopic (exact) mass is 710 g/mol. The lowest BCUT2D eigenvalue weighted by atomic mass is 10.0. The van der Waals surface area contributed by atoms with E-state index >= 15 is 0 Å². The predicted octanol–water partition coefficient (Wildman–Crippen LogP) is 10.9. The molecular formula is C43H50O7S. The maximum absolute atomic E-state index is 12.7. The Balaban J connectivity index is 1.14. The Hall–Kier alpha value is -4.69. The van der Waals surface area contributed by atoms with Crippen molar-refractivity contribution in [3.05, 3.63) is 104 Å². The molecule has 270 valence electrons. The number of fused-ring (bicyclic) bond motifs is 1. The number of hydrogen-bond acceptors (Lipinski definition) is 8. The fourth-order valence-corrected chi connectivity index (χ4v) is 6.62. The minimum absolute atomic E-state index is 0.293. The van der Waals surface area contributed by atoms with Crippen molar-refractivity contribution in [2.24, 2.45) is 0 Å². The third-order valence-corrected chi connectivity index (χ3v) is 9.69. The number of carbonyl (C=O) groups is 3. The average molecular weight is 711 g/mol. The number of thiophene rings is 1. The molecule has 8 heteroatoms. The molecule has 0 unspecified atom stereocenters. The molecule has 0 spiro atoms. The summed E-state index contributed by atoms with van der Waals surface area (Å²) in [4.78, 5) is 37.1. The first kappa shape index (κ1) is 39.1. The van der Waals surface area contributed by atoms with Crippen molar-refractivity contribution in [1.29, 1.82) is 0 Å². The van der Waals surface area contributed by atoms with E-state index in [1.54, 1.807) is 11.3 Å². The van der Waals surface area contributed by atoms with Crippen LogP contribution >= 0.6 is 11.3 Å². The van der Waals surface area contributed by atoms with E-state index in [0.29, 0.717) is 32.0 Å². The van der Waals surface area contributed by atoms with Gasteiger partial charge in [0.2, 0.25) is 0 Å². The number of rotatable bonds is 24. The van der Waals surface area contributed by atoms with Crippen LogP contribution < -0.4 is 4.74 Å². The van der Waals surface area contributed by atoms with Crippen molar-refractivity contribution in [3.8, 4) is 26.6 Å². The lowest BCUT2D eigenvalue weighted by Gasteiger charge is -2.08. The summed E-state index contributed by atoms with van der Waals surface area (Å²) >= 11 is 1.75. The van der Waals surface area contributed by atoms with Gasteiger partial charge in [0, 0.05) is 21.9 Å². The highest BCUT2D eigenvalue weighted by molar-refractivity contribution is 7.18. The van der Waals surface area contributed by atoms with Crippen LogP contribution in [0, 0.1) is 0 Å². The van der Waals surface area contributed by atoms with Crippen LogP contribution in [0.1, 0.15) is 87.4 Å². The zero-order chi connectivity index (χ0) is 36.1. The Morgan fingerprint density at radius 3 is 1.57 bits per heavy atom. The van der Waals surface area contributed by atoms with Gasteiger partial charge in [0.15, 0.2) is 0 Å². The number of hydrogen-bond donors (Lipinski definition) is 0. The topological polar surface area (TPSA) is 88.1 Å². The largest absolute Gasteiger partial charge is 0.494 e. The second-order valence-corrected chi connectivity index (χ2v) is 13.5. The van der Waals surface area contributed by atoms with E-state index in [4.69, 9.17) is 18.9 Å². The van der Waals surface area contributed by atoms with Crippen LogP contribution in [0.2, 0.25) is 0 Å². The van der Waals surface area contributed by atoms with Crippen LogP contribution in [0.25, 0.3) is 31.7 Å². The fourth-order valence-electron chi connectivity index (χ4n) is 5.61. The molecule has 3 aromatic carbocycles. The first-order chi connectivity index (χ1) is 25.0. The van der Waals surface area contributed by atoms with E-state index in [2.05, 4.69) is 55.6 Å². The summed E-state index contributed by atoms with van der Waals surface area (Å²) in [6.45, 7) is 8.79. The van der Waals surface area contributed by atoms with Gasteiger partial charge in [0.1, 0.15) is 5.75 Å². The summed E-state index contributed by atoms with van der Waals surface area (Å²) < 4.78 is 21.5. The third-order valence-electron chi connectivity index (χ3n) is 8.51. The van der Waals surface area contributed by atoms with Gasteiger partial charge in [-0.2, -0.15) is 0 Å². The van der Waals surface area contributed by atoms with Gasteiger partial charge in [-0.3, -0.25) is 0 Å². The summed E-state index contributed by atoms with van der Waals surface area (Å²) in [6, 6.07) is 24.7. The maximum atomic E-state index is 12.7. The quantitative estimate of drug-likeness (QED) is 0.0309. The molecule has 0 N–H and O–H groups in total. The molecule has 7 nitrogen and oxygen atoms in total. The third kappa shape index (κ3) is 13.9. The minimum Gasteiger partial charge on any atom is -0.494 e. The molecule has 0 fully saturated rings. The second-order valence-electron chi connectivity index (χ2n) is 12.4. The maximum Gasteiger partial charge on any atom is 0.338 e. The Kier molecular flexibility index (Phi) is 17.0. The molecule has 1 aromatic heterocycles. The van der Waals surface area contributed by atoms with E-state index in [1.165, 1.54) is 21.9 Å². The van der Waals surface area contributed by atoms with Crippen LogP contribution in [0.3, 0.4) is 0 Å². The number of esters is 3. The average Bonchev–Trinajstić information content (AvgIpc) is 3.66. The first-order valence-corrected chi connectivity index (χ1v) is 18.9. The number of unbranched alkanes of at least 4 members (excludes halogenated alkanes) is 10. The van der Waals surface area contributed by atoms with E-state index in [9.17, 15) is 14.4 Å². The molecule has 0 bridgehead atoms. The lowest BCUT2D eigenvalue weighted by molar-refractivity contribution is -0.138. The Labute approximate surface area is 306 Å². The van der Waals surface area contributed by atoms with Gasteiger partial charge in [-0.25, -0.2) is 14.4 Å². The Bertz CT molecular complexity index is 1710. The zero-order valence-electron chi connectivity index (χ0n) is 29.6. The standard InChI is InChI=1S/C43H50O7S/c1-3-41(44)48-28-14-10-6-5-9-13-27-47-38-23-21-33(22-24-38)39-25-26-40(51-39)36-19-17-35-32-37(20-18-34(35)31-36)43(46)50-30-16-12-8-7-11-15-29-49-42(45)4-2/h3-4,17-26,31-32H,1-2,5-16,27-30H2. The van der Waals surface area contributed by atoms with Crippen LogP contribution in [0.15, 0.2) is 98.1 Å². The van der Waals surface area contributed by atoms with Crippen LogP contribution in [-0.2, 0) is 23.8 Å². The minimum atomic E-state index is -0.374. The van der Waals surface area contributed by atoms with Crippen molar-refractivity contribution in [2.45, 2.75) is 77.0 Å². The summed E-state index contributed by atoms with van der Waals surface area (Å²) in [6.07, 6.45) is 14.5. The Morgan fingerprint density at radius 2 is 0.980 bits per heavy atom. The Morgan fingerprint density at radius 1 is 0.510 bits per heavy atom. The molecular weight excluding hydrogens is 661 g/mol. The summed E-state index contributed by atoms with van der Waals surface area (Å²) in [5.74, 6) is -0.138. The molecule has 4 aromatic rings. The van der Waals surface area contributed by atoms with Gasteiger partial charge < -0.3 is 18.9 Å². The summed E-state index contributed by atoms with van der Waals surface area (Å²) in [5, 5.41) is 2.08. The molecule has 0 amide bonds. The smallest absolute Gasteiger partial charge is 0.338 e. The fraction of sp³-hybridized carbons (Fsp3) is 0.372. The van der Waals surface area contributed by atoms with Crippen LogP contribution in [0.5, 0.6) is 5.75 Å². The van der Waals surface area contributed by atoms with E-state index in [-0.39, 0.29) is 17.9 Å². The molecule has 0 saturated heterocycles. The highest BCUT2D eigenvalue weighted by Crippen LogP contribution is 2.36. The predicted molar refractivity (Wildman–Crippen MR) is 206 cm³/mol. The molecule has 0 aliphatic carbocycles. The van der Waals surface area contributed by atoms with Gasteiger partial charge in [0.25, 0.3) is 0 Å². The van der Waals surface area contributed by atoms with Gasteiger partial charge in [-0.1, -0.05) is 82.7 Å². The SMILES string of the molecule is C=CC(=O)OCCCCCCCCOC(=O)c1ccc2cc(-c3ccc(-c4ccc(OCCCCCCCCOC(=O)C=C)cc4)s3)ccc2c1. The molecule has 0 saturated carbocycles. The molecule has 51 heavy (non-hydrogen) atoms. The number of benzene rings is 3. The second kappa shape index (κ2) is 22.2. The van der Waals surface area contributed by atoms with Gasteiger partial charge in [0.05, 0.1) is 32.0 Å². The van der Waals surface area contributed by atoms with Crippen molar-refractivity contribution in [3.63, 3.8) is 0 Å². The van der Waals surface area contributed by atoms with Crippen molar-refractivity contribution in [1.82, 2.24) is 0 Å². The highest BCUT2D eigenvalue weighted by Gasteiger charge is 2.10. The van der Waals surface area contributed by atoms with Crippen molar-refractivity contribution >= 4 is 40.0 Å². The van der Waals surface area contributed by atoms with Crippen LogP contribution in [-0.4, -0.2) is 44.3 Å². The lowest BCUT2D eigenvalue weighted by Crippen LogP contribution is -2.06. The normalized spacial score (nSPS) is 10.8. The number of ether oxygens (including phenoxy) is 4. The van der Waals surface area contributed by atoms with Gasteiger partial charge in [-0.05, 0) is 102 Å². The molecule has 1 heterocycles. The highest BCUT2D eigenvalue weighted by atomic mass is 32.1. The molecule has 4 rings (SSSR count). The van der Waals surface area contributed by atoms with Crippen LogP contribution in [0.4, 0.5) is 0 Å². The van der Waals surface area contributed by atoms with E-state index in [1.807, 2.05) is 30.3 Å². The molecule has 0 aliphatic rings. The van der Waals surface area contributed by atoms with Crippen molar-refractivity contribution in [2.75, 3.05) is 26.4 Å². The first-order valence-electron chi connectivity index (χ1n) is 18.1. The van der Waals surface area contributed by atoms with Crippen molar-refractivity contribution < 1.29 is 33.3 Å². The molecule has 0 aliphatic heterocycles. The number of carbonyl (C=O) groups excluding carboxylic acids is 3. The zero-order valence-corrected chi connectivity index (χ0v) is 30.4. The van der Waals surface area contributed by atoms with Gasteiger partial charge >= 0.3 is 17.9 Å². The van der Waals surface area contributed by atoms with Gasteiger partial charge in [-0.15, -0.1) is 11.3 Å².